The second-order valence-corrected chi connectivity index (χ2v) is 3.46. The molecule has 80 valence electrons. The van der Waals surface area contributed by atoms with E-state index >= 15 is 0 Å². The Kier molecular flexibility index (Phi) is 2.55. The lowest BCUT2D eigenvalue weighted by Crippen LogP contribution is -2.52. The molecular formula is C10H12N2O3. The van der Waals surface area contributed by atoms with Crippen molar-refractivity contribution in [1.82, 2.24) is 4.98 Å². The SMILES string of the molecule is COC1CN(c2ccncc2C(=O)O)C1. The van der Waals surface area contributed by atoms with Gasteiger partial charge in [-0.1, -0.05) is 0 Å². The van der Waals surface area contributed by atoms with Gasteiger partial charge in [0, 0.05) is 32.6 Å². The van der Waals surface area contributed by atoms with Gasteiger partial charge in [-0.25, -0.2) is 4.79 Å². The summed E-state index contributed by atoms with van der Waals surface area (Å²) >= 11 is 0. The van der Waals surface area contributed by atoms with Crippen molar-refractivity contribution in [1.29, 1.82) is 0 Å². The molecule has 0 saturated carbocycles. The summed E-state index contributed by atoms with van der Waals surface area (Å²) in [6.45, 7) is 1.47. The molecule has 2 rings (SSSR count). The Labute approximate surface area is 87.3 Å². The first-order valence-electron chi connectivity index (χ1n) is 4.67. The van der Waals surface area contributed by atoms with Crippen molar-refractivity contribution in [2.75, 3.05) is 25.1 Å². The summed E-state index contributed by atoms with van der Waals surface area (Å²) in [7, 11) is 1.66. The summed E-state index contributed by atoms with van der Waals surface area (Å²) in [5.41, 5.74) is 0.956. The molecule has 0 aromatic carbocycles. The second-order valence-electron chi connectivity index (χ2n) is 3.46. The molecule has 0 aliphatic carbocycles. The third kappa shape index (κ3) is 1.78. The Morgan fingerprint density at radius 1 is 1.67 bits per heavy atom. The largest absolute Gasteiger partial charge is 0.478 e. The lowest BCUT2D eigenvalue weighted by molar-refractivity contribution is 0.0686. The van der Waals surface area contributed by atoms with Gasteiger partial charge in [-0.15, -0.1) is 0 Å². The predicted molar refractivity (Wildman–Crippen MR) is 54.2 cm³/mol. The van der Waals surface area contributed by atoms with Crippen LogP contribution in [0.25, 0.3) is 0 Å². The average Bonchev–Trinajstić information content (AvgIpc) is 2.16. The second kappa shape index (κ2) is 3.86. The molecule has 5 nitrogen and oxygen atoms in total. The van der Waals surface area contributed by atoms with Crippen molar-refractivity contribution in [2.45, 2.75) is 6.10 Å². The Morgan fingerprint density at radius 3 is 3.00 bits per heavy atom. The van der Waals surface area contributed by atoms with E-state index < -0.39 is 5.97 Å². The fourth-order valence-corrected chi connectivity index (χ4v) is 1.61. The van der Waals surface area contributed by atoms with Crippen LogP contribution in [-0.4, -0.2) is 42.4 Å². The summed E-state index contributed by atoms with van der Waals surface area (Å²) in [5, 5.41) is 8.96. The summed E-state index contributed by atoms with van der Waals surface area (Å²) < 4.78 is 5.13. The summed E-state index contributed by atoms with van der Waals surface area (Å²) in [6, 6.07) is 1.72. The van der Waals surface area contributed by atoms with Crippen LogP contribution in [0, 0.1) is 0 Å². The number of aromatic carboxylic acids is 1. The molecule has 0 unspecified atom stereocenters. The first kappa shape index (κ1) is 9.92. The quantitative estimate of drug-likeness (QED) is 0.788. The molecule has 1 aromatic rings. The number of methoxy groups -OCH3 is 1. The lowest BCUT2D eigenvalue weighted by Gasteiger charge is -2.40. The molecule has 1 N–H and O–H groups in total. The number of anilines is 1. The molecular weight excluding hydrogens is 196 g/mol. The van der Waals surface area contributed by atoms with Gasteiger partial charge in [-0.3, -0.25) is 4.98 Å². The third-order valence-electron chi connectivity index (χ3n) is 2.55. The zero-order chi connectivity index (χ0) is 10.8. The van der Waals surface area contributed by atoms with Gasteiger partial charge in [0.25, 0.3) is 0 Å². The standard InChI is InChI=1S/C10H12N2O3/c1-15-7-5-12(6-7)9-2-3-11-4-8(9)10(13)14/h2-4,7H,5-6H2,1H3,(H,13,14). The molecule has 5 heteroatoms. The Bertz CT molecular complexity index is 375. The van der Waals surface area contributed by atoms with E-state index in [9.17, 15) is 4.79 Å². The average molecular weight is 208 g/mol. The van der Waals surface area contributed by atoms with Crippen LogP contribution in [0.4, 0.5) is 5.69 Å². The van der Waals surface area contributed by atoms with E-state index in [0.29, 0.717) is 5.69 Å². The number of ether oxygens (including phenoxy) is 1. The topological polar surface area (TPSA) is 62.7 Å². The zero-order valence-corrected chi connectivity index (χ0v) is 8.38. The maximum absolute atomic E-state index is 10.9. The van der Waals surface area contributed by atoms with Crippen molar-refractivity contribution in [2.24, 2.45) is 0 Å². The normalized spacial score (nSPS) is 16.2. The third-order valence-corrected chi connectivity index (χ3v) is 2.55. The lowest BCUT2D eigenvalue weighted by atomic mass is 10.1. The van der Waals surface area contributed by atoms with Gasteiger partial charge in [0.2, 0.25) is 0 Å². The highest BCUT2D eigenvalue weighted by Crippen LogP contribution is 2.25. The van der Waals surface area contributed by atoms with E-state index in [1.54, 1.807) is 19.4 Å². The molecule has 1 aliphatic rings. The van der Waals surface area contributed by atoms with Gasteiger partial charge in [-0.05, 0) is 6.07 Å². The van der Waals surface area contributed by atoms with E-state index in [0.717, 1.165) is 13.1 Å². The van der Waals surface area contributed by atoms with Crippen molar-refractivity contribution in [3.8, 4) is 0 Å². The summed E-state index contributed by atoms with van der Waals surface area (Å²) in [5.74, 6) is -0.945. The zero-order valence-electron chi connectivity index (χ0n) is 8.38. The number of hydrogen-bond donors (Lipinski definition) is 1. The minimum absolute atomic E-state index is 0.208. The Morgan fingerprint density at radius 2 is 2.40 bits per heavy atom. The van der Waals surface area contributed by atoms with Crippen LogP contribution in [0.5, 0.6) is 0 Å². The molecule has 0 amide bonds. The van der Waals surface area contributed by atoms with E-state index in [1.165, 1.54) is 6.20 Å². The van der Waals surface area contributed by atoms with Crippen LogP contribution in [0.1, 0.15) is 10.4 Å². The molecule has 0 atom stereocenters. The highest BCUT2D eigenvalue weighted by molar-refractivity contribution is 5.94. The molecule has 1 aliphatic heterocycles. The van der Waals surface area contributed by atoms with Crippen LogP contribution in [0.3, 0.4) is 0 Å². The van der Waals surface area contributed by atoms with E-state index in [4.69, 9.17) is 9.84 Å². The van der Waals surface area contributed by atoms with Crippen molar-refractivity contribution in [3.63, 3.8) is 0 Å². The van der Waals surface area contributed by atoms with Crippen molar-refractivity contribution in [3.05, 3.63) is 24.0 Å². The summed E-state index contributed by atoms with van der Waals surface area (Å²) in [4.78, 5) is 16.7. The highest BCUT2D eigenvalue weighted by atomic mass is 16.5. The van der Waals surface area contributed by atoms with Crippen LogP contribution < -0.4 is 4.90 Å². The van der Waals surface area contributed by atoms with Crippen molar-refractivity contribution >= 4 is 11.7 Å². The van der Waals surface area contributed by atoms with Crippen LogP contribution >= 0.6 is 0 Å². The minimum atomic E-state index is -0.945. The van der Waals surface area contributed by atoms with Crippen molar-refractivity contribution < 1.29 is 14.6 Å². The number of hydrogen-bond acceptors (Lipinski definition) is 4. The van der Waals surface area contributed by atoms with Gasteiger partial charge in [0.15, 0.2) is 0 Å². The Balaban J connectivity index is 2.18. The number of carbonyl (C=O) groups is 1. The summed E-state index contributed by atoms with van der Waals surface area (Å²) in [6.07, 6.45) is 3.18. The maximum atomic E-state index is 10.9. The molecule has 0 spiro atoms. The predicted octanol–water partition coefficient (Wildman–Crippen LogP) is 0.615. The first-order chi connectivity index (χ1) is 7.22. The van der Waals surface area contributed by atoms with E-state index in [-0.39, 0.29) is 11.7 Å². The van der Waals surface area contributed by atoms with Gasteiger partial charge in [0.05, 0.1) is 11.8 Å². The highest BCUT2D eigenvalue weighted by Gasteiger charge is 2.29. The molecule has 1 aromatic heterocycles. The Hall–Kier alpha value is -1.62. The maximum Gasteiger partial charge on any atom is 0.339 e. The molecule has 1 fully saturated rings. The van der Waals surface area contributed by atoms with Gasteiger partial charge < -0.3 is 14.7 Å². The van der Waals surface area contributed by atoms with Gasteiger partial charge >= 0.3 is 5.97 Å². The first-order valence-corrected chi connectivity index (χ1v) is 4.67. The van der Waals surface area contributed by atoms with Gasteiger partial charge in [-0.2, -0.15) is 0 Å². The van der Waals surface area contributed by atoms with Crippen LogP contribution in [-0.2, 0) is 4.74 Å². The monoisotopic (exact) mass is 208 g/mol. The fourth-order valence-electron chi connectivity index (χ4n) is 1.61. The van der Waals surface area contributed by atoms with Crippen LogP contribution in [0.15, 0.2) is 18.5 Å². The number of carboxylic acids is 1. The molecule has 15 heavy (non-hydrogen) atoms. The van der Waals surface area contributed by atoms with Gasteiger partial charge in [0.1, 0.15) is 5.56 Å². The van der Waals surface area contributed by atoms with E-state index in [2.05, 4.69) is 4.98 Å². The molecule has 2 heterocycles. The number of pyridine rings is 1. The number of nitrogens with zero attached hydrogens (tertiary/aromatic N) is 2. The number of aromatic nitrogens is 1. The molecule has 0 bridgehead atoms. The van der Waals surface area contributed by atoms with E-state index in [1.807, 2.05) is 4.90 Å². The number of rotatable bonds is 3. The minimum Gasteiger partial charge on any atom is -0.478 e. The van der Waals surface area contributed by atoms with Crippen LogP contribution in [0.2, 0.25) is 0 Å². The molecule has 1 saturated heterocycles. The number of carboxylic acid groups (broad SMARTS) is 1. The molecule has 0 radical (unpaired) electrons. The smallest absolute Gasteiger partial charge is 0.339 e. The fraction of sp³-hybridized carbons (Fsp3) is 0.400.